The summed E-state index contributed by atoms with van der Waals surface area (Å²) in [5.74, 6) is -2.75. The molecule has 29 heavy (non-hydrogen) atoms. The molecule has 0 aromatic rings. The fraction of sp³-hybridized carbons (Fsp3) is 0.810. The summed E-state index contributed by atoms with van der Waals surface area (Å²) in [6.45, 7) is 0. The summed E-state index contributed by atoms with van der Waals surface area (Å²) >= 11 is 0. The Morgan fingerprint density at radius 1 is 0.655 bits per heavy atom. The van der Waals surface area contributed by atoms with Crippen molar-refractivity contribution in [2.75, 3.05) is 0 Å². The minimum atomic E-state index is -1.15. The number of amides is 2. The van der Waals surface area contributed by atoms with Gasteiger partial charge in [0.2, 0.25) is 11.8 Å². The molecule has 0 aliphatic carbocycles. The first-order valence-corrected chi connectivity index (χ1v) is 10.8. The SMILES string of the molecule is NC(=O)CCC(NC(=O)CCCCCCCCCCCCCCC(=O)O)C(=O)O. The minimum absolute atomic E-state index is 0.0126. The van der Waals surface area contributed by atoms with Gasteiger partial charge in [0.25, 0.3) is 0 Å². The normalized spacial score (nSPS) is 11.7. The van der Waals surface area contributed by atoms with Crippen LogP contribution in [0.4, 0.5) is 0 Å². The van der Waals surface area contributed by atoms with Gasteiger partial charge >= 0.3 is 11.9 Å². The molecule has 0 heterocycles. The van der Waals surface area contributed by atoms with Crippen molar-refractivity contribution in [1.82, 2.24) is 5.32 Å². The molecule has 0 rings (SSSR count). The van der Waals surface area contributed by atoms with Gasteiger partial charge in [0, 0.05) is 19.3 Å². The first-order chi connectivity index (χ1) is 13.8. The van der Waals surface area contributed by atoms with E-state index < -0.39 is 23.9 Å². The maximum absolute atomic E-state index is 11.8. The van der Waals surface area contributed by atoms with Gasteiger partial charge in [-0.15, -0.1) is 0 Å². The molecule has 0 aliphatic heterocycles. The number of carboxylic acid groups (broad SMARTS) is 2. The molecule has 1 unspecified atom stereocenters. The van der Waals surface area contributed by atoms with Gasteiger partial charge in [-0.3, -0.25) is 14.4 Å². The van der Waals surface area contributed by atoms with Gasteiger partial charge in [-0.2, -0.15) is 0 Å². The van der Waals surface area contributed by atoms with Gasteiger partial charge in [-0.05, 0) is 19.3 Å². The van der Waals surface area contributed by atoms with Gasteiger partial charge in [0.05, 0.1) is 0 Å². The number of rotatable bonds is 20. The average Bonchev–Trinajstić information content (AvgIpc) is 2.64. The zero-order valence-electron chi connectivity index (χ0n) is 17.5. The Labute approximate surface area is 173 Å². The van der Waals surface area contributed by atoms with Crippen LogP contribution in [0, 0.1) is 0 Å². The number of primary amides is 1. The Kier molecular flexibility index (Phi) is 16.6. The number of carboxylic acids is 2. The largest absolute Gasteiger partial charge is 0.481 e. The quantitative estimate of drug-likeness (QED) is 0.225. The molecule has 0 bridgehead atoms. The third-order valence-corrected chi connectivity index (χ3v) is 4.86. The Morgan fingerprint density at radius 2 is 1.07 bits per heavy atom. The number of carbonyl (C=O) groups is 4. The van der Waals surface area contributed by atoms with Crippen LogP contribution in [0.1, 0.15) is 103 Å². The van der Waals surface area contributed by atoms with Gasteiger partial charge in [-0.25, -0.2) is 4.79 Å². The third kappa shape index (κ3) is 19.0. The molecule has 0 radical (unpaired) electrons. The van der Waals surface area contributed by atoms with E-state index >= 15 is 0 Å². The van der Waals surface area contributed by atoms with E-state index in [1.54, 1.807) is 0 Å². The van der Waals surface area contributed by atoms with Crippen molar-refractivity contribution in [2.45, 2.75) is 109 Å². The van der Waals surface area contributed by atoms with Crippen molar-refractivity contribution in [1.29, 1.82) is 0 Å². The first kappa shape index (κ1) is 26.9. The Hall–Kier alpha value is -2.12. The van der Waals surface area contributed by atoms with Crippen LogP contribution >= 0.6 is 0 Å². The van der Waals surface area contributed by atoms with Crippen molar-refractivity contribution >= 4 is 23.8 Å². The van der Waals surface area contributed by atoms with Crippen LogP contribution < -0.4 is 11.1 Å². The van der Waals surface area contributed by atoms with Crippen LogP contribution in [0.2, 0.25) is 0 Å². The highest BCUT2D eigenvalue weighted by atomic mass is 16.4. The van der Waals surface area contributed by atoms with Crippen LogP contribution in [0.5, 0.6) is 0 Å². The smallest absolute Gasteiger partial charge is 0.326 e. The van der Waals surface area contributed by atoms with Crippen LogP contribution in [0.15, 0.2) is 0 Å². The molecule has 8 heteroatoms. The topological polar surface area (TPSA) is 147 Å². The molecule has 0 fully saturated rings. The summed E-state index contributed by atoms with van der Waals surface area (Å²) in [4.78, 5) is 44.0. The molecular formula is C21H38N2O6. The second kappa shape index (κ2) is 17.9. The monoisotopic (exact) mass is 414 g/mol. The van der Waals surface area contributed by atoms with E-state index in [0.29, 0.717) is 6.42 Å². The maximum atomic E-state index is 11.8. The van der Waals surface area contributed by atoms with E-state index in [1.807, 2.05) is 0 Å². The molecule has 5 N–H and O–H groups in total. The van der Waals surface area contributed by atoms with Crippen molar-refractivity contribution in [3.63, 3.8) is 0 Å². The number of hydrogen-bond acceptors (Lipinski definition) is 4. The molecule has 0 spiro atoms. The summed E-state index contributed by atoms with van der Waals surface area (Å²) in [5.41, 5.74) is 5.01. The second-order valence-corrected chi connectivity index (χ2v) is 7.60. The molecule has 0 saturated heterocycles. The molecule has 8 nitrogen and oxygen atoms in total. The highest BCUT2D eigenvalue weighted by molar-refractivity contribution is 5.84. The molecule has 0 aromatic carbocycles. The zero-order chi connectivity index (χ0) is 21.9. The third-order valence-electron chi connectivity index (χ3n) is 4.86. The molecule has 0 aromatic heterocycles. The average molecular weight is 415 g/mol. The number of unbranched alkanes of at least 4 members (excludes halogenated alkanes) is 11. The van der Waals surface area contributed by atoms with Crippen LogP contribution in [0.25, 0.3) is 0 Å². The van der Waals surface area contributed by atoms with E-state index in [-0.39, 0.29) is 25.2 Å². The molecule has 2 amide bonds. The molecule has 0 aliphatic rings. The molecule has 0 saturated carbocycles. The van der Waals surface area contributed by atoms with E-state index in [2.05, 4.69) is 5.32 Å². The lowest BCUT2D eigenvalue weighted by Gasteiger charge is -2.13. The Morgan fingerprint density at radius 3 is 1.45 bits per heavy atom. The van der Waals surface area contributed by atoms with Crippen molar-refractivity contribution in [2.24, 2.45) is 5.73 Å². The standard InChI is InChI=1S/C21H38N2O6/c22-18(24)16-15-17(21(28)29)23-19(25)13-11-9-7-5-3-1-2-4-6-8-10-12-14-20(26)27/h17H,1-16H2,(H2,22,24)(H,23,25)(H,26,27)(H,28,29). The van der Waals surface area contributed by atoms with E-state index in [0.717, 1.165) is 44.9 Å². The van der Waals surface area contributed by atoms with Crippen molar-refractivity contribution < 1.29 is 29.4 Å². The minimum Gasteiger partial charge on any atom is -0.481 e. The number of carbonyl (C=O) groups excluding carboxylic acids is 2. The maximum Gasteiger partial charge on any atom is 0.326 e. The van der Waals surface area contributed by atoms with Crippen LogP contribution in [-0.4, -0.2) is 40.0 Å². The Bertz CT molecular complexity index is 496. The van der Waals surface area contributed by atoms with Crippen molar-refractivity contribution in [3.8, 4) is 0 Å². The fourth-order valence-electron chi connectivity index (χ4n) is 3.14. The molecule has 1 atom stereocenters. The number of nitrogens with two attached hydrogens (primary N) is 1. The van der Waals surface area contributed by atoms with Gasteiger partial charge in [0.1, 0.15) is 6.04 Å². The zero-order valence-corrected chi connectivity index (χ0v) is 17.5. The van der Waals surface area contributed by atoms with E-state index in [9.17, 15) is 19.2 Å². The lowest BCUT2D eigenvalue weighted by molar-refractivity contribution is -0.142. The molecule has 168 valence electrons. The van der Waals surface area contributed by atoms with Gasteiger partial charge in [-0.1, -0.05) is 64.2 Å². The fourth-order valence-corrected chi connectivity index (χ4v) is 3.14. The van der Waals surface area contributed by atoms with E-state index in [1.165, 1.54) is 32.1 Å². The predicted octanol–water partition coefficient (Wildman–Crippen LogP) is 3.37. The lowest BCUT2D eigenvalue weighted by Crippen LogP contribution is -2.41. The van der Waals surface area contributed by atoms with E-state index in [4.69, 9.17) is 15.9 Å². The van der Waals surface area contributed by atoms with Gasteiger partial charge < -0.3 is 21.3 Å². The summed E-state index contributed by atoms with van der Waals surface area (Å²) in [6, 6.07) is -1.06. The first-order valence-electron chi connectivity index (χ1n) is 10.8. The van der Waals surface area contributed by atoms with Crippen LogP contribution in [-0.2, 0) is 19.2 Å². The second-order valence-electron chi connectivity index (χ2n) is 7.60. The predicted molar refractivity (Wildman–Crippen MR) is 110 cm³/mol. The number of nitrogens with one attached hydrogen (secondary N) is 1. The highest BCUT2D eigenvalue weighted by Crippen LogP contribution is 2.13. The summed E-state index contributed by atoms with van der Waals surface area (Å²) < 4.78 is 0. The summed E-state index contributed by atoms with van der Waals surface area (Å²) in [7, 11) is 0. The van der Waals surface area contributed by atoms with Crippen molar-refractivity contribution in [3.05, 3.63) is 0 Å². The number of hydrogen-bond donors (Lipinski definition) is 4. The van der Waals surface area contributed by atoms with Crippen LogP contribution in [0.3, 0.4) is 0 Å². The van der Waals surface area contributed by atoms with Gasteiger partial charge in [0.15, 0.2) is 0 Å². The Balaban J connectivity index is 3.48. The molecular weight excluding hydrogens is 376 g/mol. The summed E-state index contributed by atoms with van der Waals surface area (Å²) in [6.07, 6.45) is 13.2. The lowest BCUT2D eigenvalue weighted by atomic mass is 10.0. The summed E-state index contributed by atoms with van der Waals surface area (Å²) in [5, 5.41) is 20.0. The highest BCUT2D eigenvalue weighted by Gasteiger charge is 2.20. The number of aliphatic carboxylic acids is 2.